The smallest absolute Gasteiger partial charge is 0.222 e. The number of nitrogens with zero attached hydrogens (tertiary/aromatic N) is 1. The Kier molecular flexibility index (Phi) is 9.69. The molecule has 1 aliphatic heterocycles. The maximum absolute atomic E-state index is 12.4. The number of benzene rings is 1. The van der Waals surface area contributed by atoms with Crippen LogP contribution in [0.3, 0.4) is 0 Å². The van der Waals surface area contributed by atoms with Gasteiger partial charge in [-0.1, -0.05) is 82.2 Å². The largest absolute Gasteiger partial charge is 0.343 e. The van der Waals surface area contributed by atoms with E-state index in [4.69, 9.17) is 0 Å². The maximum Gasteiger partial charge on any atom is 0.222 e. The van der Waals surface area contributed by atoms with Gasteiger partial charge in [0, 0.05) is 19.5 Å². The van der Waals surface area contributed by atoms with Crippen molar-refractivity contribution in [2.45, 2.75) is 84.0 Å². The van der Waals surface area contributed by atoms with Crippen LogP contribution in [-0.2, 0) is 11.2 Å². The van der Waals surface area contributed by atoms with Crippen molar-refractivity contribution in [1.29, 1.82) is 0 Å². The molecule has 1 aromatic carbocycles. The van der Waals surface area contributed by atoms with Gasteiger partial charge in [-0.25, -0.2) is 0 Å². The van der Waals surface area contributed by atoms with Gasteiger partial charge in [0.25, 0.3) is 0 Å². The van der Waals surface area contributed by atoms with E-state index in [1.165, 1.54) is 56.9 Å². The SMILES string of the molecule is CCCCCCCCCCC(=O)N1CCC(Cc2ccccc2)CC1. The Hall–Kier alpha value is -1.31. The quantitative estimate of drug-likeness (QED) is 0.451. The van der Waals surface area contributed by atoms with E-state index in [1.807, 2.05) is 0 Å². The topological polar surface area (TPSA) is 20.3 Å². The van der Waals surface area contributed by atoms with Crippen molar-refractivity contribution in [3.8, 4) is 0 Å². The van der Waals surface area contributed by atoms with Crippen molar-refractivity contribution in [2.75, 3.05) is 13.1 Å². The fourth-order valence-corrected chi connectivity index (χ4v) is 3.90. The Labute approximate surface area is 155 Å². The molecule has 2 rings (SSSR count). The number of likely N-dealkylation sites (tertiary alicyclic amines) is 1. The van der Waals surface area contributed by atoms with Gasteiger partial charge >= 0.3 is 0 Å². The van der Waals surface area contributed by atoms with E-state index in [1.54, 1.807) is 0 Å². The van der Waals surface area contributed by atoms with Gasteiger partial charge in [-0.2, -0.15) is 0 Å². The Balaban J connectivity index is 1.52. The molecule has 0 unspecified atom stereocenters. The van der Waals surface area contributed by atoms with Crippen LogP contribution in [0.1, 0.15) is 83.1 Å². The highest BCUT2D eigenvalue weighted by Gasteiger charge is 2.22. The van der Waals surface area contributed by atoms with Crippen molar-refractivity contribution < 1.29 is 4.79 Å². The number of rotatable bonds is 11. The summed E-state index contributed by atoms with van der Waals surface area (Å²) >= 11 is 0. The van der Waals surface area contributed by atoms with Gasteiger partial charge in [-0.15, -0.1) is 0 Å². The molecule has 140 valence electrons. The van der Waals surface area contributed by atoms with Crippen LogP contribution in [0.4, 0.5) is 0 Å². The summed E-state index contributed by atoms with van der Waals surface area (Å²) in [4.78, 5) is 14.5. The zero-order valence-electron chi connectivity index (χ0n) is 16.2. The van der Waals surface area contributed by atoms with Gasteiger partial charge in [0.2, 0.25) is 5.91 Å². The minimum Gasteiger partial charge on any atom is -0.343 e. The van der Waals surface area contributed by atoms with Crippen molar-refractivity contribution >= 4 is 5.91 Å². The third-order valence-corrected chi connectivity index (χ3v) is 5.58. The summed E-state index contributed by atoms with van der Waals surface area (Å²) in [7, 11) is 0. The lowest BCUT2D eigenvalue weighted by Crippen LogP contribution is -2.38. The summed E-state index contributed by atoms with van der Waals surface area (Å²) in [6.45, 7) is 4.19. The van der Waals surface area contributed by atoms with E-state index in [0.29, 0.717) is 5.91 Å². The van der Waals surface area contributed by atoms with Gasteiger partial charge in [-0.3, -0.25) is 4.79 Å². The molecule has 0 spiro atoms. The van der Waals surface area contributed by atoms with Crippen molar-refractivity contribution in [1.82, 2.24) is 4.90 Å². The Morgan fingerprint density at radius 3 is 2.16 bits per heavy atom. The number of hydrogen-bond donors (Lipinski definition) is 0. The van der Waals surface area contributed by atoms with Crippen molar-refractivity contribution in [3.05, 3.63) is 35.9 Å². The molecular weight excluding hydrogens is 306 g/mol. The van der Waals surface area contributed by atoms with Gasteiger partial charge in [0.1, 0.15) is 0 Å². The summed E-state index contributed by atoms with van der Waals surface area (Å²) < 4.78 is 0. The fourth-order valence-electron chi connectivity index (χ4n) is 3.90. The molecule has 2 nitrogen and oxygen atoms in total. The van der Waals surface area contributed by atoms with E-state index in [-0.39, 0.29) is 0 Å². The Morgan fingerprint density at radius 1 is 0.920 bits per heavy atom. The first-order chi connectivity index (χ1) is 12.3. The maximum atomic E-state index is 12.4. The van der Waals surface area contributed by atoms with Gasteiger partial charge in [0.15, 0.2) is 0 Å². The summed E-state index contributed by atoms with van der Waals surface area (Å²) in [5.41, 5.74) is 1.44. The standard InChI is InChI=1S/C23H37NO/c1-2-3-4-5-6-7-8-12-15-23(25)24-18-16-22(17-19-24)20-21-13-10-9-11-14-21/h9-11,13-14,22H,2-8,12,15-20H2,1H3. The van der Waals surface area contributed by atoms with Crippen LogP contribution >= 0.6 is 0 Å². The third-order valence-electron chi connectivity index (χ3n) is 5.58. The highest BCUT2D eigenvalue weighted by molar-refractivity contribution is 5.76. The lowest BCUT2D eigenvalue weighted by molar-refractivity contribution is -0.132. The number of carbonyl (C=O) groups is 1. The van der Waals surface area contributed by atoms with Crippen LogP contribution in [0.15, 0.2) is 30.3 Å². The van der Waals surface area contributed by atoms with Crippen molar-refractivity contribution in [3.63, 3.8) is 0 Å². The van der Waals surface area contributed by atoms with Crippen molar-refractivity contribution in [2.24, 2.45) is 5.92 Å². The second-order valence-corrected chi connectivity index (χ2v) is 7.74. The Bertz CT molecular complexity index is 462. The predicted molar refractivity (Wildman–Crippen MR) is 107 cm³/mol. The van der Waals surface area contributed by atoms with Crippen LogP contribution in [0, 0.1) is 5.92 Å². The molecule has 0 atom stereocenters. The third kappa shape index (κ3) is 8.07. The predicted octanol–water partition coefficient (Wildman–Crippen LogP) is 6.00. The molecule has 1 heterocycles. The van der Waals surface area contributed by atoms with Crippen LogP contribution in [0.2, 0.25) is 0 Å². The second-order valence-electron chi connectivity index (χ2n) is 7.74. The monoisotopic (exact) mass is 343 g/mol. The summed E-state index contributed by atoms with van der Waals surface area (Å²) in [6, 6.07) is 10.8. The van der Waals surface area contributed by atoms with Crippen LogP contribution in [0.5, 0.6) is 0 Å². The molecule has 0 bridgehead atoms. The average Bonchev–Trinajstić information content (AvgIpc) is 2.65. The first kappa shape index (κ1) is 20.0. The number of unbranched alkanes of at least 4 members (excludes halogenated alkanes) is 7. The molecule has 0 aromatic heterocycles. The molecule has 1 aromatic rings. The minimum atomic E-state index is 0.393. The zero-order chi connectivity index (χ0) is 17.7. The first-order valence-corrected chi connectivity index (χ1v) is 10.6. The molecule has 0 saturated carbocycles. The van der Waals surface area contributed by atoms with Crippen LogP contribution < -0.4 is 0 Å². The second kappa shape index (κ2) is 12.1. The molecule has 1 saturated heterocycles. The van der Waals surface area contributed by atoms with E-state index < -0.39 is 0 Å². The van der Waals surface area contributed by atoms with E-state index in [2.05, 4.69) is 42.2 Å². The lowest BCUT2D eigenvalue weighted by atomic mass is 9.90. The summed E-state index contributed by atoms with van der Waals surface area (Å²) in [5, 5.41) is 0. The normalized spacial score (nSPS) is 15.5. The molecule has 2 heteroatoms. The first-order valence-electron chi connectivity index (χ1n) is 10.6. The van der Waals surface area contributed by atoms with Crippen LogP contribution in [-0.4, -0.2) is 23.9 Å². The number of hydrogen-bond acceptors (Lipinski definition) is 1. The number of carbonyl (C=O) groups excluding carboxylic acids is 1. The molecule has 0 aliphatic carbocycles. The molecular formula is C23H37NO. The number of amides is 1. The highest BCUT2D eigenvalue weighted by atomic mass is 16.2. The van der Waals surface area contributed by atoms with Gasteiger partial charge in [-0.05, 0) is 37.2 Å². The van der Waals surface area contributed by atoms with E-state index in [9.17, 15) is 4.79 Å². The molecule has 1 fully saturated rings. The molecule has 1 amide bonds. The van der Waals surface area contributed by atoms with E-state index in [0.717, 1.165) is 44.7 Å². The van der Waals surface area contributed by atoms with Gasteiger partial charge in [0.05, 0.1) is 0 Å². The average molecular weight is 344 g/mol. The summed E-state index contributed by atoms with van der Waals surface area (Å²) in [6.07, 6.45) is 14.7. The van der Waals surface area contributed by atoms with Gasteiger partial charge < -0.3 is 4.90 Å². The molecule has 0 radical (unpaired) electrons. The molecule has 25 heavy (non-hydrogen) atoms. The van der Waals surface area contributed by atoms with Crippen LogP contribution in [0.25, 0.3) is 0 Å². The Morgan fingerprint density at radius 2 is 1.52 bits per heavy atom. The molecule has 1 aliphatic rings. The summed E-state index contributed by atoms with van der Waals surface area (Å²) in [5.74, 6) is 1.14. The highest BCUT2D eigenvalue weighted by Crippen LogP contribution is 2.22. The fraction of sp³-hybridized carbons (Fsp3) is 0.696. The zero-order valence-corrected chi connectivity index (χ0v) is 16.2. The minimum absolute atomic E-state index is 0.393. The van der Waals surface area contributed by atoms with E-state index >= 15 is 0 Å². The lowest BCUT2D eigenvalue weighted by Gasteiger charge is -2.32. The number of piperidine rings is 1. The molecule has 0 N–H and O–H groups in total.